The average molecular weight is 456 g/mol. The molecule has 0 radical (unpaired) electrons. The zero-order valence-corrected chi connectivity index (χ0v) is 17.8. The number of Topliss-reactive ketones (excluding diaryl/α,β-unsaturated/α-hetero) is 1. The van der Waals surface area contributed by atoms with E-state index >= 15 is 0 Å². The molecule has 0 amide bonds. The molecule has 0 saturated carbocycles. The molecule has 13 nitrogen and oxygen atoms in total. The van der Waals surface area contributed by atoms with Crippen LogP contribution in [0.5, 0.6) is 0 Å². The van der Waals surface area contributed by atoms with E-state index in [0.717, 1.165) is 0 Å². The second kappa shape index (κ2) is 8.20. The van der Waals surface area contributed by atoms with E-state index in [1.807, 2.05) is 0 Å². The molecular weight excluding hydrogens is 426 g/mol. The van der Waals surface area contributed by atoms with Crippen molar-refractivity contribution in [3.8, 4) is 0 Å². The van der Waals surface area contributed by atoms with Crippen molar-refractivity contribution in [2.75, 3.05) is 13.2 Å². The first-order chi connectivity index (χ1) is 15.1. The Bertz CT molecular complexity index is 865. The van der Waals surface area contributed by atoms with Crippen LogP contribution in [-0.4, -0.2) is 110 Å². The van der Waals surface area contributed by atoms with Crippen LogP contribution in [-0.2, 0) is 14.3 Å². The number of aliphatic imine (C=N–C) groups is 2. The minimum Gasteiger partial charge on any atom is -0.394 e. The number of carbonyl (C=O) groups is 1. The number of hydrogen-bond acceptors (Lipinski definition) is 12. The average Bonchev–Trinajstić information content (AvgIpc) is 3.43. The van der Waals surface area contributed by atoms with Crippen molar-refractivity contribution < 1.29 is 44.3 Å². The van der Waals surface area contributed by atoms with Crippen molar-refractivity contribution in [3.63, 3.8) is 0 Å². The van der Waals surface area contributed by atoms with Gasteiger partial charge in [0, 0.05) is 5.92 Å². The maximum atomic E-state index is 12.9. The Morgan fingerprint density at radius 2 is 1.94 bits per heavy atom. The van der Waals surface area contributed by atoms with Crippen molar-refractivity contribution in [3.05, 3.63) is 11.5 Å². The Labute approximate surface area is 184 Å². The largest absolute Gasteiger partial charge is 0.394 e. The fraction of sp³-hybridized carbons (Fsp3) is 0.737. The molecule has 13 heteroatoms. The van der Waals surface area contributed by atoms with Gasteiger partial charge in [0.15, 0.2) is 17.6 Å². The van der Waals surface area contributed by atoms with Crippen molar-refractivity contribution >= 4 is 18.5 Å². The van der Waals surface area contributed by atoms with Crippen LogP contribution in [0.2, 0.25) is 0 Å². The van der Waals surface area contributed by atoms with Crippen LogP contribution in [0.3, 0.4) is 0 Å². The number of nitrogens with one attached hydrogen (secondary N) is 1. The number of quaternary nitrogens is 1. The number of hydrogen-bond donors (Lipinski definition) is 7. The lowest BCUT2D eigenvalue weighted by atomic mass is 9.92. The first kappa shape index (κ1) is 23.4. The number of aliphatic hydroxyl groups excluding tert-OH is 5. The molecule has 0 aliphatic carbocycles. The van der Waals surface area contributed by atoms with E-state index in [4.69, 9.17) is 15.2 Å². The number of ketones is 1. The summed E-state index contributed by atoms with van der Waals surface area (Å²) < 4.78 is 11.2. The molecule has 9 atom stereocenters. The van der Waals surface area contributed by atoms with Gasteiger partial charge < -0.3 is 35.0 Å². The highest BCUT2D eigenvalue weighted by molar-refractivity contribution is 5.95. The van der Waals surface area contributed by atoms with Crippen molar-refractivity contribution in [2.24, 2.45) is 21.6 Å². The third-order valence-corrected chi connectivity index (χ3v) is 6.52. The van der Waals surface area contributed by atoms with E-state index in [1.165, 1.54) is 12.7 Å². The van der Waals surface area contributed by atoms with E-state index in [2.05, 4.69) is 15.3 Å². The molecule has 4 heterocycles. The Morgan fingerprint density at radius 1 is 1.25 bits per heavy atom. The lowest BCUT2D eigenvalue weighted by Gasteiger charge is -2.42. The minimum absolute atomic E-state index is 0.0228. The monoisotopic (exact) mass is 456 g/mol. The minimum atomic E-state index is -1.81. The number of ether oxygens (including phenoxy) is 2. The third-order valence-electron chi connectivity index (χ3n) is 6.52. The summed E-state index contributed by atoms with van der Waals surface area (Å²) in [6, 6.07) is 0. The zero-order chi connectivity index (χ0) is 23.4. The highest BCUT2D eigenvalue weighted by Gasteiger charge is 2.65. The van der Waals surface area contributed by atoms with E-state index in [9.17, 15) is 30.3 Å². The summed E-state index contributed by atoms with van der Waals surface area (Å²) in [4.78, 5) is 21.5. The summed E-state index contributed by atoms with van der Waals surface area (Å²) in [6.07, 6.45) is -5.42. The van der Waals surface area contributed by atoms with Crippen LogP contribution in [0.1, 0.15) is 20.3 Å². The molecule has 4 aliphatic rings. The van der Waals surface area contributed by atoms with Crippen LogP contribution in [0.4, 0.5) is 0 Å². The van der Waals surface area contributed by atoms with Crippen LogP contribution >= 0.6 is 0 Å². The molecule has 178 valence electrons. The summed E-state index contributed by atoms with van der Waals surface area (Å²) in [5.74, 6) is -0.622. The fourth-order valence-electron chi connectivity index (χ4n) is 4.75. The Morgan fingerprint density at radius 3 is 2.50 bits per heavy atom. The lowest BCUT2D eigenvalue weighted by Crippen LogP contribution is -2.66. The summed E-state index contributed by atoms with van der Waals surface area (Å²) in [5, 5.41) is 53.7. The van der Waals surface area contributed by atoms with Gasteiger partial charge in [0.25, 0.3) is 0 Å². The van der Waals surface area contributed by atoms with Gasteiger partial charge in [-0.05, 0) is 0 Å². The molecule has 0 spiro atoms. The third kappa shape index (κ3) is 3.16. The first-order valence-corrected chi connectivity index (χ1v) is 10.5. The molecule has 8 N–H and O–H groups in total. The van der Waals surface area contributed by atoms with Crippen molar-refractivity contribution in [1.29, 1.82) is 0 Å². The summed E-state index contributed by atoms with van der Waals surface area (Å²) in [5.41, 5.74) is 4.69. The van der Waals surface area contributed by atoms with Gasteiger partial charge in [0.05, 0.1) is 32.1 Å². The second-order valence-corrected chi connectivity index (χ2v) is 8.81. The van der Waals surface area contributed by atoms with Gasteiger partial charge in [-0.3, -0.25) is 15.8 Å². The SMILES string of the molecule is CC(C)C(=O)C1(N)N=CNC2=C1N=C[N+]2([C@@H]1C[C@H](O)[C@@H](CO)O1)[C@@H]1O[C@H](CO)[C@@H](O)[C@H]1O. The fourth-order valence-corrected chi connectivity index (χ4v) is 4.75. The molecule has 4 rings (SSSR count). The number of rotatable bonds is 6. The van der Waals surface area contributed by atoms with Crippen LogP contribution < -0.4 is 11.1 Å². The van der Waals surface area contributed by atoms with Crippen LogP contribution in [0.15, 0.2) is 21.5 Å². The van der Waals surface area contributed by atoms with Crippen LogP contribution in [0, 0.1) is 5.92 Å². The van der Waals surface area contributed by atoms with Gasteiger partial charge in [0.2, 0.25) is 30.3 Å². The maximum absolute atomic E-state index is 12.9. The van der Waals surface area contributed by atoms with E-state index in [1.54, 1.807) is 13.8 Å². The second-order valence-electron chi connectivity index (χ2n) is 8.81. The zero-order valence-electron chi connectivity index (χ0n) is 17.8. The molecule has 0 aromatic heterocycles. The van der Waals surface area contributed by atoms with Crippen molar-refractivity contribution in [2.45, 2.75) is 68.9 Å². The Hall–Kier alpha value is -1.81. The van der Waals surface area contributed by atoms with Gasteiger partial charge in [-0.15, -0.1) is 0 Å². The lowest BCUT2D eigenvalue weighted by molar-refractivity contribution is -0.899. The summed E-state index contributed by atoms with van der Waals surface area (Å²) in [6.45, 7) is 2.37. The van der Waals surface area contributed by atoms with Gasteiger partial charge in [-0.1, -0.05) is 13.8 Å². The molecular formula is C19H30N5O8+. The molecule has 0 bridgehead atoms. The molecule has 32 heavy (non-hydrogen) atoms. The maximum Gasteiger partial charge on any atom is 0.243 e. The first-order valence-electron chi connectivity index (χ1n) is 10.5. The molecule has 2 fully saturated rings. The van der Waals surface area contributed by atoms with Gasteiger partial charge in [-0.2, -0.15) is 9.48 Å². The van der Waals surface area contributed by atoms with Crippen molar-refractivity contribution in [1.82, 2.24) is 5.32 Å². The number of nitrogens with two attached hydrogens (primary N) is 1. The standard InChI is InChI=1S/C19H30N5O8/c1-8(2)16(30)19(20)15-17(21-6-23-19)24(7-22-15,12-3-9(27)10(4-25)31-12)18-14(29)13(28)11(5-26)32-18/h6-14,18,25-29H,3-5,20H2,1-2H3,(H,21,23)/q+1/t9-,10+,11+,12-,13+,14+,18+,19?,24?/m0/s1. The molecule has 0 aromatic carbocycles. The number of nitrogens with zero attached hydrogens (tertiary/aromatic N) is 3. The summed E-state index contributed by atoms with van der Waals surface area (Å²) in [7, 11) is 0. The topological polar surface area (TPSA) is 199 Å². The highest BCUT2D eigenvalue weighted by atomic mass is 16.6. The van der Waals surface area contributed by atoms with E-state index < -0.39 is 72.3 Å². The molecule has 2 saturated heterocycles. The van der Waals surface area contributed by atoms with Gasteiger partial charge >= 0.3 is 0 Å². The predicted molar refractivity (Wildman–Crippen MR) is 108 cm³/mol. The highest BCUT2D eigenvalue weighted by Crippen LogP contribution is 2.45. The van der Waals surface area contributed by atoms with E-state index in [0.29, 0.717) is 0 Å². The Kier molecular flexibility index (Phi) is 5.98. The quantitative estimate of drug-likeness (QED) is 0.196. The van der Waals surface area contributed by atoms with Gasteiger partial charge in [0.1, 0.15) is 18.3 Å². The van der Waals surface area contributed by atoms with Gasteiger partial charge in [-0.25, -0.2) is 4.99 Å². The molecule has 4 aliphatic heterocycles. The van der Waals surface area contributed by atoms with Crippen LogP contribution in [0.25, 0.3) is 0 Å². The predicted octanol–water partition coefficient (Wildman–Crippen LogP) is -3.57. The number of carbonyl (C=O) groups excluding carboxylic acids is 1. The molecule has 2 unspecified atom stereocenters. The Balaban J connectivity index is 1.85. The molecule has 0 aromatic rings. The number of aliphatic hydroxyl groups is 5. The normalized spacial score (nSPS) is 45.6. The van der Waals surface area contributed by atoms with E-state index in [-0.39, 0.29) is 23.7 Å². The smallest absolute Gasteiger partial charge is 0.243 e. The summed E-state index contributed by atoms with van der Waals surface area (Å²) >= 11 is 0.